The summed E-state index contributed by atoms with van der Waals surface area (Å²) in [7, 11) is 1.55. The number of carbonyl (C=O) groups excluding carboxylic acids is 1. The van der Waals surface area contributed by atoms with Gasteiger partial charge in [0.15, 0.2) is 0 Å². The first-order valence-corrected chi connectivity index (χ1v) is 7.82. The average Bonchev–Trinajstić information content (AvgIpc) is 2.98. The van der Waals surface area contributed by atoms with Crippen molar-refractivity contribution < 1.29 is 19.4 Å². The van der Waals surface area contributed by atoms with Gasteiger partial charge >= 0.3 is 5.97 Å². The second-order valence-electron chi connectivity index (χ2n) is 5.93. The normalized spacial score (nSPS) is 12.1. The molecule has 1 unspecified atom stereocenters. The summed E-state index contributed by atoms with van der Waals surface area (Å²) in [5.74, 6) is -1.55. The average molecular weight is 338 g/mol. The van der Waals surface area contributed by atoms with Crippen LogP contribution < -0.4 is 4.74 Å². The number of aryl methyl sites for hydroxylation is 1. The molecule has 1 atom stereocenters. The standard InChI is InChI=1S/C19H18N2O4/c1-10-6-7-20-15(8-10)18(22)17-16(11(2)19(23)24)13-5-4-12(25-3)9-14(13)21-17/h4-9,11,21H,1-3H3,(H,23,24). The van der Waals surface area contributed by atoms with Gasteiger partial charge in [0.25, 0.3) is 0 Å². The van der Waals surface area contributed by atoms with E-state index in [2.05, 4.69) is 9.97 Å². The first-order chi connectivity index (χ1) is 11.9. The van der Waals surface area contributed by atoms with E-state index >= 15 is 0 Å². The molecule has 0 saturated carbocycles. The Bertz CT molecular complexity index is 975. The molecule has 1 aromatic carbocycles. The summed E-state index contributed by atoms with van der Waals surface area (Å²) in [6, 6.07) is 8.73. The highest BCUT2D eigenvalue weighted by molar-refractivity contribution is 6.12. The number of carboxylic acids is 1. The Balaban J connectivity index is 2.23. The minimum absolute atomic E-state index is 0.247. The Morgan fingerprint density at radius 2 is 2.00 bits per heavy atom. The van der Waals surface area contributed by atoms with E-state index in [1.54, 1.807) is 50.6 Å². The Kier molecular flexibility index (Phi) is 4.27. The van der Waals surface area contributed by atoms with E-state index in [4.69, 9.17) is 4.74 Å². The molecule has 0 aliphatic heterocycles. The molecular weight excluding hydrogens is 320 g/mol. The van der Waals surface area contributed by atoms with E-state index in [1.807, 2.05) is 6.92 Å². The third-order valence-electron chi connectivity index (χ3n) is 4.22. The number of aliphatic carboxylic acids is 1. The van der Waals surface area contributed by atoms with Gasteiger partial charge in [0, 0.05) is 28.7 Å². The first kappa shape index (κ1) is 16.7. The number of nitrogens with one attached hydrogen (secondary N) is 1. The molecule has 0 bridgehead atoms. The quantitative estimate of drug-likeness (QED) is 0.696. The Labute approximate surface area is 144 Å². The monoisotopic (exact) mass is 338 g/mol. The lowest BCUT2D eigenvalue weighted by Crippen LogP contribution is -2.13. The molecular formula is C19H18N2O4. The van der Waals surface area contributed by atoms with E-state index in [-0.39, 0.29) is 17.2 Å². The van der Waals surface area contributed by atoms with Crippen LogP contribution in [0.5, 0.6) is 5.75 Å². The highest BCUT2D eigenvalue weighted by atomic mass is 16.5. The van der Waals surface area contributed by atoms with Gasteiger partial charge in [-0.1, -0.05) is 0 Å². The predicted octanol–water partition coefficient (Wildman–Crippen LogP) is 3.30. The topological polar surface area (TPSA) is 92.3 Å². The number of hydrogen-bond donors (Lipinski definition) is 2. The highest BCUT2D eigenvalue weighted by Gasteiger charge is 2.27. The maximum atomic E-state index is 13.0. The van der Waals surface area contributed by atoms with Gasteiger partial charge in [0.2, 0.25) is 5.78 Å². The summed E-state index contributed by atoms with van der Waals surface area (Å²) in [6.07, 6.45) is 1.56. The van der Waals surface area contributed by atoms with Crippen molar-refractivity contribution in [2.45, 2.75) is 19.8 Å². The first-order valence-electron chi connectivity index (χ1n) is 7.82. The molecule has 0 radical (unpaired) electrons. The number of fused-ring (bicyclic) bond motifs is 1. The van der Waals surface area contributed by atoms with Gasteiger partial charge in [-0.05, 0) is 43.7 Å². The van der Waals surface area contributed by atoms with E-state index in [0.29, 0.717) is 22.2 Å². The molecule has 0 aliphatic rings. The third-order valence-corrected chi connectivity index (χ3v) is 4.22. The maximum Gasteiger partial charge on any atom is 0.310 e. The number of ether oxygens (including phenoxy) is 1. The largest absolute Gasteiger partial charge is 0.497 e. The van der Waals surface area contributed by atoms with Crippen molar-refractivity contribution in [2.24, 2.45) is 0 Å². The van der Waals surface area contributed by atoms with Crippen molar-refractivity contribution in [3.63, 3.8) is 0 Å². The molecule has 0 aliphatic carbocycles. The van der Waals surface area contributed by atoms with Crippen LogP contribution in [0.15, 0.2) is 36.5 Å². The molecule has 0 spiro atoms. The van der Waals surface area contributed by atoms with Crippen LogP contribution >= 0.6 is 0 Å². The van der Waals surface area contributed by atoms with Gasteiger partial charge in [-0.25, -0.2) is 0 Å². The van der Waals surface area contributed by atoms with Crippen molar-refractivity contribution in [1.82, 2.24) is 9.97 Å². The Morgan fingerprint density at radius 3 is 2.64 bits per heavy atom. The second-order valence-corrected chi connectivity index (χ2v) is 5.93. The number of benzene rings is 1. The molecule has 128 valence electrons. The van der Waals surface area contributed by atoms with Gasteiger partial charge < -0.3 is 14.8 Å². The number of nitrogens with zero attached hydrogens (tertiary/aromatic N) is 1. The van der Waals surface area contributed by atoms with Crippen LogP contribution in [0.2, 0.25) is 0 Å². The van der Waals surface area contributed by atoms with Crippen molar-refractivity contribution in [3.05, 3.63) is 59.0 Å². The fraction of sp³-hybridized carbons (Fsp3) is 0.211. The molecule has 2 heterocycles. The number of aromatic nitrogens is 2. The number of pyridine rings is 1. The van der Waals surface area contributed by atoms with Crippen LogP contribution in [-0.2, 0) is 4.79 Å². The molecule has 6 heteroatoms. The molecule has 3 rings (SSSR count). The van der Waals surface area contributed by atoms with Crippen LogP contribution in [0.1, 0.15) is 40.2 Å². The smallest absolute Gasteiger partial charge is 0.310 e. The number of carbonyl (C=O) groups is 2. The number of ketones is 1. The van der Waals surface area contributed by atoms with Crippen molar-refractivity contribution in [3.8, 4) is 5.75 Å². The lowest BCUT2D eigenvalue weighted by molar-refractivity contribution is -0.138. The Hall–Kier alpha value is -3.15. The predicted molar refractivity (Wildman–Crippen MR) is 93.3 cm³/mol. The number of carboxylic acid groups (broad SMARTS) is 1. The van der Waals surface area contributed by atoms with Gasteiger partial charge in [-0.15, -0.1) is 0 Å². The zero-order chi connectivity index (χ0) is 18.1. The van der Waals surface area contributed by atoms with Crippen molar-refractivity contribution in [1.29, 1.82) is 0 Å². The third kappa shape index (κ3) is 2.98. The van der Waals surface area contributed by atoms with E-state index in [1.165, 1.54) is 0 Å². The van der Waals surface area contributed by atoms with Crippen molar-refractivity contribution in [2.75, 3.05) is 7.11 Å². The van der Waals surface area contributed by atoms with Crippen LogP contribution in [0, 0.1) is 6.92 Å². The molecule has 3 aromatic rings. The van der Waals surface area contributed by atoms with Crippen LogP contribution in [0.4, 0.5) is 0 Å². The summed E-state index contributed by atoms with van der Waals surface area (Å²) in [6.45, 7) is 3.44. The number of hydrogen-bond acceptors (Lipinski definition) is 4. The summed E-state index contributed by atoms with van der Waals surface area (Å²) in [5, 5.41) is 10.2. The zero-order valence-electron chi connectivity index (χ0n) is 14.2. The van der Waals surface area contributed by atoms with Gasteiger partial charge in [0.1, 0.15) is 11.4 Å². The van der Waals surface area contributed by atoms with E-state index < -0.39 is 11.9 Å². The zero-order valence-corrected chi connectivity index (χ0v) is 14.2. The molecule has 2 aromatic heterocycles. The molecule has 25 heavy (non-hydrogen) atoms. The van der Waals surface area contributed by atoms with Crippen molar-refractivity contribution >= 4 is 22.7 Å². The van der Waals surface area contributed by atoms with Crippen LogP contribution in [0.3, 0.4) is 0 Å². The minimum Gasteiger partial charge on any atom is -0.497 e. The van der Waals surface area contributed by atoms with Gasteiger partial charge in [-0.3, -0.25) is 14.6 Å². The molecule has 0 amide bonds. The molecule has 6 nitrogen and oxygen atoms in total. The van der Waals surface area contributed by atoms with Gasteiger partial charge in [0.05, 0.1) is 18.7 Å². The maximum absolute atomic E-state index is 13.0. The summed E-state index contributed by atoms with van der Waals surface area (Å²) in [4.78, 5) is 31.7. The number of rotatable bonds is 5. The summed E-state index contributed by atoms with van der Waals surface area (Å²) < 4.78 is 5.21. The van der Waals surface area contributed by atoms with Crippen LogP contribution in [0.25, 0.3) is 10.9 Å². The molecule has 0 saturated heterocycles. The molecule has 2 N–H and O–H groups in total. The van der Waals surface area contributed by atoms with E-state index in [9.17, 15) is 14.7 Å². The summed E-state index contributed by atoms with van der Waals surface area (Å²) >= 11 is 0. The van der Waals surface area contributed by atoms with E-state index in [0.717, 1.165) is 5.56 Å². The fourth-order valence-corrected chi connectivity index (χ4v) is 2.87. The highest BCUT2D eigenvalue weighted by Crippen LogP contribution is 2.33. The number of H-pyrrole nitrogens is 1. The van der Waals surface area contributed by atoms with Crippen LogP contribution in [-0.4, -0.2) is 33.9 Å². The lowest BCUT2D eigenvalue weighted by Gasteiger charge is -2.09. The molecule has 0 fully saturated rings. The minimum atomic E-state index is -0.997. The Morgan fingerprint density at radius 1 is 1.24 bits per heavy atom. The SMILES string of the molecule is COc1ccc2c(C(C)C(=O)O)c(C(=O)c3cc(C)ccn3)[nH]c2c1. The summed E-state index contributed by atoms with van der Waals surface area (Å²) in [5.41, 5.74) is 2.54. The number of methoxy groups -OCH3 is 1. The second kappa shape index (κ2) is 6.39. The van der Waals surface area contributed by atoms with Gasteiger partial charge in [-0.2, -0.15) is 0 Å². The lowest BCUT2D eigenvalue weighted by atomic mass is 9.95. The fourth-order valence-electron chi connectivity index (χ4n) is 2.87. The number of aromatic amines is 1.